The highest BCUT2D eigenvalue weighted by Gasteiger charge is 2.15. The van der Waals surface area contributed by atoms with Crippen molar-refractivity contribution in [3.8, 4) is 0 Å². The highest BCUT2D eigenvalue weighted by molar-refractivity contribution is 5.92. The highest BCUT2D eigenvalue weighted by atomic mass is 16.4. The quantitative estimate of drug-likeness (QED) is 0.440. The fraction of sp³-hybridized carbons (Fsp3) is 0.188. The standard InChI is InChI=1S/C16H17N3O2/c1-10-3-4-14-12(7-10)5-6-19(14)9-13-8-11(2)15(21-13)16(20)18-17/h3-8H,9,17H2,1-2H3,(H,18,20). The van der Waals surface area contributed by atoms with Crippen LogP contribution < -0.4 is 11.3 Å². The second-order valence-electron chi connectivity index (χ2n) is 5.20. The van der Waals surface area contributed by atoms with Gasteiger partial charge in [0.25, 0.3) is 0 Å². The molecular formula is C16H17N3O2. The number of benzene rings is 1. The molecule has 0 fully saturated rings. The zero-order chi connectivity index (χ0) is 15.0. The van der Waals surface area contributed by atoms with E-state index in [0.717, 1.165) is 16.8 Å². The molecule has 5 heteroatoms. The number of carbonyl (C=O) groups excluding carboxylic acids is 1. The monoisotopic (exact) mass is 283 g/mol. The molecule has 0 aliphatic heterocycles. The topological polar surface area (TPSA) is 73.2 Å². The van der Waals surface area contributed by atoms with E-state index in [1.165, 1.54) is 10.9 Å². The van der Waals surface area contributed by atoms with Crippen molar-refractivity contribution in [3.63, 3.8) is 0 Å². The first kappa shape index (κ1) is 13.5. The van der Waals surface area contributed by atoms with E-state index in [-0.39, 0.29) is 5.76 Å². The number of nitrogens with zero attached hydrogens (tertiary/aromatic N) is 1. The molecule has 21 heavy (non-hydrogen) atoms. The number of nitrogens with two attached hydrogens (primary N) is 1. The molecule has 0 saturated heterocycles. The van der Waals surface area contributed by atoms with Gasteiger partial charge in [-0.15, -0.1) is 0 Å². The maximum absolute atomic E-state index is 11.6. The summed E-state index contributed by atoms with van der Waals surface area (Å²) in [5.41, 5.74) is 5.24. The summed E-state index contributed by atoms with van der Waals surface area (Å²) in [7, 11) is 0. The van der Waals surface area contributed by atoms with E-state index >= 15 is 0 Å². The third kappa shape index (κ3) is 2.43. The smallest absolute Gasteiger partial charge is 0.301 e. The number of aryl methyl sites for hydroxylation is 2. The molecule has 0 unspecified atom stereocenters. The Morgan fingerprint density at radius 2 is 2.10 bits per heavy atom. The Balaban J connectivity index is 1.94. The van der Waals surface area contributed by atoms with Crippen LogP contribution in [0.1, 0.15) is 27.4 Å². The van der Waals surface area contributed by atoms with Crippen LogP contribution >= 0.6 is 0 Å². The summed E-state index contributed by atoms with van der Waals surface area (Å²) in [5.74, 6) is 5.72. The van der Waals surface area contributed by atoms with Crippen molar-refractivity contribution in [2.24, 2.45) is 5.84 Å². The van der Waals surface area contributed by atoms with Gasteiger partial charge in [-0.2, -0.15) is 0 Å². The first-order valence-electron chi connectivity index (χ1n) is 6.74. The molecule has 2 heterocycles. The van der Waals surface area contributed by atoms with E-state index in [1.807, 2.05) is 19.2 Å². The van der Waals surface area contributed by atoms with Crippen molar-refractivity contribution in [3.05, 3.63) is 59.2 Å². The first-order valence-corrected chi connectivity index (χ1v) is 6.74. The van der Waals surface area contributed by atoms with Crippen molar-refractivity contribution >= 4 is 16.8 Å². The molecule has 0 aliphatic rings. The van der Waals surface area contributed by atoms with Gasteiger partial charge in [0.05, 0.1) is 6.54 Å². The Labute approximate surface area is 122 Å². The van der Waals surface area contributed by atoms with Crippen LogP contribution in [-0.4, -0.2) is 10.5 Å². The Bertz CT molecular complexity index is 814. The van der Waals surface area contributed by atoms with Gasteiger partial charge in [-0.3, -0.25) is 10.2 Å². The number of amides is 1. The molecule has 2 aromatic heterocycles. The maximum Gasteiger partial charge on any atom is 0.301 e. The molecule has 3 N–H and O–H groups in total. The van der Waals surface area contributed by atoms with Crippen LogP contribution in [0.3, 0.4) is 0 Å². The number of fused-ring (bicyclic) bond motifs is 1. The SMILES string of the molecule is Cc1ccc2c(ccn2Cc2cc(C)c(C(=O)NN)o2)c1. The lowest BCUT2D eigenvalue weighted by Crippen LogP contribution is -2.30. The number of hydrogen-bond acceptors (Lipinski definition) is 3. The second kappa shape index (κ2) is 5.10. The van der Waals surface area contributed by atoms with Crippen LogP contribution in [-0.2, 0) is 6.54 Å². The summed E-state index contributed by atoms with van der Waals surface area (Å²) in [5, 5.41) is 1.19. The van der Waals surface area contributed by atoms with Gasteiger partial charge in [0.2, 0.25) is 0 Å². The zero-order valence-electron chi connectivity index (χ0n) is 12.0. The molecule has 5 nitrogen and oxygen atoms in total. The van der Waals surface area contributed by atoms with Crippen LogP contribution in [0.2, 0.25) is 0 Å². The molecule has 1 amide bonds. The Morgan fingerprint density at radius 1 is 1.29 bits per heavy atom. The average Bonchev–Trinajstić information content (AvgIpc) is 3.02. The minimum atomic E-state index is -0.410. The number of aromatic nitrogens is 1. The summed E-state index contributed by atoms with van der Waals surface area (Å²) in [6, 6.07) is 10.3. The van der Waals surface area contributed by atoms with Gasteiger partial charge in [0, 0.05) is 17.3 Å². The number of hydrogen-bond donors (Lipinski definition) is 2. The molecule has 0 radical (unpaired) electrons. The van der Waals surface area contributed by atoms with Crippen molar-refractivity contribution in [1.29, 1.82) is 0 Å². The average molecular weight is 283 g/mol. The number of nitrogens with one attached hydrogen (secondary N) is 1. The fourth-order valence-electron chi connectivity index (χ4n) is 2.54. The molecule has 1 aromatic carbocycles. The minimum Gasteiger partial charge on any atom is -0.454 e. The summed E-state index contributed by atoms with van der Waals surface area (Å²) in [6.07, 6.45) is 2.02. The lowest BCUT2D eigenvalue weighted by atomic mass is 10.2. The number of carbonyl (C=O) groups is 1. The molecule has 0 aliphatic carbocycles. The highest BCUT2D eigenvalue weighted by Crippen LogP contribution is 2.21. The third-order valence-electron chi connectivity index (χ3n) is 3.56. The van der Waals surface area contributed by atoms with Crippen LogP contribution in [0.15, 0.2) is 40.9 Å². The van der Waals surface area contributed by atoms with Crippen molar-refractivity contribution in [1.82, 2.24) is 9.99 Å². The predicted molar refractivity (Wildman–Crippen MR) is 80.9 cm³/mol. The summed E-state index contributed by atoms with van der Waals surface area (Å²) in [4.78, 5) is 11.6. The first-order chi connectivity index (χ1) is 10.1. The van der Waals surface area contributed by atoms with E-state index in [4.69, 9.17) is 10.3 Å². The largest absolute Gasteiger partial charge is 0.454 e. The van der Waals surface area contributed by atoms with E-state index in [9.17, 15) is 4.79 Å². The van der Waals surface area contributed by atoms with Gasteiger partial charge >= 0.3 is 5.91 Å². The van der Waals surface area contributed by atoms with E-state index in [2.05, 4.69) is 41.2 Å². The van der Waals surface area contributed by atoms with E-state index in [0.29, 0.717) is 6.54 Å². The number of rotatable bonds is 3. The van der Waals surface area contributed by atoms with E-state index < -0.39 is 5.91 Å². The van der Waals surface area contributed by atoms with Gasteiger partial charge < -0.3 is 8.98 Å². The van der Waals surface area contributed by atoms with Gasteiger partial charge in [-0.05, 0) is 43.5 Å². The van der Waals surface area contributed by atoms with Crippen LogP contribution in [0, 0.1) is 13.8 Å². The van der Waals surface area contributed by atoms with Crippen LogP contribution in [0.25, 0.3) is 10.9 Å². The summed E-state index contributed by atoms with van der Waals surface area (Å²) < 4.78 is 7.69. The molecule has 0 bridgehead atoms. The third-order valence-corrected chi connectivity index (χ3v) is 3.56. The molecule has 3 aromatic rings. The minimum absolute atomic E-state index is 0.264. The van der Waals surface area contributed by atoms with Crippen molar-refractivity contribution in [2.75, 3.05) is 0 Å². The normalized spacial score (nSPS) is 11.0. The predicted octanol–water partition coefficient (Wildman–Crippen LogP) is 2.50. The Hall–Kier alpha value is -2.53. The molecule has 0 spiro atoms. The Kier molecular flexibility index (Phi) is 3.27. The summed E-state index contributed by atoms with van der Waals surface area (Å²) >= 11 is 0. The number of furan rings is 1. The summed E-state index contributed by atoms with van der Waals surface area (Å²) in [6.45, 7) is 4.48. The van der Waals surface area contributed by atoms with Gasteiger partial charge in [0.1, 0.15) is 5.76 Å². The van der Waals surface area contributed by atoms with Crippen LogP contribution in [0.5, 0.6) is 0 Å². The van der Waals surface area contributed by atoms with E-state index in [1.54, 1.807) is 0 Å². The maximum atomic E-state index is 11.6. The fourth-order valence-corrected chi connectivity index (χ4v) is 2.54. The zero-order valence-corrected chi connectivity index (χ0v) is 12.0. The second-order valence-corrected chi connectivity index (χ2v) is 5.20. The van der Waals surface area contributed by atoms with Crippen LogP contribution in [0.4, 0.5) is 0 Å². The molecule has 108 valence electrons. The van der Waals surface area contributed by atoms with Gasteiger partial charge in [0.15, 0.2) is 5.76 Å². The van der Waals surface area contributed by atoms with Crippen molar-refractivity contribution < 1.29 is 9.21 Å². The Morgan fingerprint density at radius 3 is 2.86 bits per heavy atom. The molecule has 3 rings (SSSR count). The lowest BCUT2D eigenvalue weighted by molar-refractivity contribution is 0.0923. The lowest BCUT2D eigenvalue weighted by Gasteiger charge is -2.03. The molecule has 0 saturated carbocycles. The van der Waals surface area contributed by atoms with Gasteiger partial charge in [-0.25, -0.2) is 5.84 Å². The van der Waals surface area contributed by atoms with Gasteiger partial charge in [-0.1, -0.05) is 11.6 Å². The number of nitrogen functional groups attached to an aromatic ring is 1. The van der Waals surface area contributed by atoms with Crippen molar-refractivity contribution in [2.45, 2.75) is 20.4 Å². The number of hydrazine groups is 1. The molecular weight excluding hydrogens is 266 g/mol. The molecule has 0 atom stereocenters.